The fourth-order valence-electron chi connectivity index (χ4n) is 4.37. The predicted octanol–water partition coefficient (Wildman–Crippen LogP) is 2.07. The van der Waals surface area contributed by atoms with Gasteiger partial charge >= 0.3 is 0 Å². The maximum Gasteiger partial charge on any atom is 0.249 e. The summed E-state index contributed by atoms with van der Waals surface area (Å²) in [5.74, 6) is -0.242. The number of benzene rings is 2. The number of rotatable bonds is 7. The van der Waals surface area contributed by atoms with Gasteiger partial charge in [0.25, 0.3) is 0 Å². The monoisotopic (exact) mass is 460 g/mol. The molecule has 2 fully saturated rings. The molecule has 2 aliphatic heterocycles. The van der Waals surface area contributed by atoms with Crippen LogP contribution < -0.4 is 4.72 Å². The number of hydrogen-bond acceptors (Lipinski definition) is 6. The van der Waals surface area contributed by atoms with Gasteiger partial charge < -0.3 is 19.5 Å². The Bertz CT molecular complexity index is 1010. The highest BCUT2D eigenvalue weighted by molar-refractivity contribution is 7.91. The fraction of sp³-hybridized carbons (Fsp3) is 0.435. The predicted molar refractivity (Wildman–Crippen MR) is 119 cm³/mol. The number of morpholine rings is 1. The van der Waals surface area contributed by atoms with E-state index in [4.69, 9.17) is 9.47 Å². The lowest BCUT2D eigenvalue weighted by atomic mass is 9.95. The first kappa shape index (κ1) is 22.7. The minimum Gasteiger partial charge on any atom is -0.394 e. The quantitative estimate of drug-likeness (QED) is 0.655. The van der Waals surface area contributed by atoms with Crippen molar-refractivity contribution in [3.63, 3.8) is 0 Å². The number of aliphatic hydroxyl groups is 1. The summed E-state index contributed by atoms with van der Waals surface area (Å²) in [6.07, 6.45) is 0.976. The highest BCUT2D eigenvalue weighted by Gasteiger charge is 2.41. The van der Waals surface area contributed by atoms with Crippen LogP contribution in [0.25, 0.3) is 0 Å². The number of hydrogen-bond donors (Lipinski definition) is 2. The van der Waals surface area contributed by atoms with Crippen LogP contribution in [0.5, 0.6) is 0 Å². The number of aliphatic hydroxyl groups excluding tert-OH is 1. The van der Waals surface area contributed by atoms with E-state index >= 15 is 0 Å². The third kappa shape index (κ3) is 5.29. The number of nitrogens with one attached hydrogen (secondary N) is 1. The van der Waals surface area contributed by atoms with E-state index in [2.05, 4.69) is 4.72 Å². The molecule has 0 spiro atoms. The van der Waals surface area contributed by atoms with E-state index in [1.807, 2.05) is 6.07 Å². The van der Waals surface area contributed by atoms with Crippen LogP contribution in [0.1, 0.15) is 30.1 Å². The third-order valence-electron chi connectivity index (χ3n) is 5.86. The van der Waals surface area contributed by atoms with Crippen molar-refractivity contribution >= 4 is 21.6 Å². The molecule has 0 bridgehead atoms. The second kappa shape index (κ2) is 9.99. The van der Waals surface area contributed by atoms with Crippen LogP contribution in [-0.4, -0.2) is 62.8 Å². The second-order valence-electron chi connectivity index (χ2n) is 8.09. The maximum absolute atomic E-state index is 12.6. The topological polar surface area (TPSA) is 105 Å². The van der Waals surface area contributed by atoms with E-state index in [1.54, 1.807) is 53.4 Å². The van der Waals surface area contributed by atoms with Crippen molar-refractivity contribution in [2.24, 2.45) is 0 Å². The molecular weight excluding hydrogens is 432 g/mol. The van der Waals surface area contributed by atoms with Crippen LogP contribution in [0.4, 0.5) is 5.69 Å². The zero-order valence-electron chi connectivity index (χ0n) is 17.7. The molecule has 2 atom stereocenters. The summed E-state index contributed by atoms with van der Waals surface area (Å²) in [4.78, 5) is 14.3. The van der Waals surface area contributed by atoms with E-state index in [0.717, 1.165) is 18.4 Å². The highest BCUT2D eigenvalue weighted by Crippen LogP contribution is 2.33. The number of ether oxygens (including phenoxy) is 2. The van der Waals surface area contributed by atoms with Gasteiger partial charge in [-0.2, -0.15) is 0 Å². The minimum absolute atomic E-state index is 0.0175. The lowest BCUT2D eigenvalue weighted by Crippen LogP contribution is -2.57. The minimum atomic E-state index is -3.56. The molecular formula is C23H28N2O6S. The van der Waals surface area contributed by atoms with Crippen molar-refractivity contribution in [2.75, 3.05) is 31.1 Å². The number of carbonyl (C=O) groups excluding carboxylic acids is 1. The molecule has 8 nitrogen and oxygen atoms in total. The van der Waals surface area contributed by atoms with Crippen molar-refractivity contribution in [3.8, 4) is 0 Å². The molecule has 2 unspecified atom stereocenters. The van der Waals surface area contributed by atoms with Gasteiger partial charge in [-0.1, -0.05) is 42.5 Å². The number of carbonyl (C=O) groups is 1. The Morgan fingerprint density at radius 2 is 1.72 bits per heavy atom. The van der Waals surface area contributed by atoms with Gasteiger partial charge in [-0.05, 0) is 36.1 Å². The molecule has 2 heterocycles. The Labute approximate surface area is 188 Å². The molecule has 1 amide bonds. The molecule has 2 aromatic rings. The van der Waals surface area contributed by atoms with Crippen molar-refractivity contribution in [3.05, 3.63) is 65.7 Å². The first-order valence-corrected chi connectivity index (χ1v) is 12.4. The van der Waals surface area contributed by atoms with E-state index in [0.29, 0.717) is 24.5 Å². The van der Waals surface area contributed by atoms with E-state index < -0.39 is 22.2 Å². The first-order valence-electron chi connectivity index (χ1n) is 10.7. The molecule has 0 radical (unpaired) electrons. The summed E-state index contributed by atoms with van der Waals surface area (Å²) in [7, 11) is -3.56. The van der Waals surface area contributed by atoms with Crippen LogP contribution in [0.3, 0.4) is 0 Å². The Balaban J connectivity index is 1.47. The SMILES string of the molecule is O=C1COC(c2ccc(NS(=O)(=O)Cc3ccccc3)cc2)C(CO)N1C1CCOCC1. The molecule has 9 heteroatoms. The van der Waals surface area contributed by atoms with Crippen LogP contribution >= 0.6 is 0 Å². The lowest BCUT2D eigenvalue weighted by Gasteiger charge is -2.45. The van der Waals surface area contributed by atoms with Crippen molar-refractivity contribution in [1.82, 2.24) is 4.90 Å². The molecule has 0 aliphatic carbocycles. The summed E-state index contributed by atoms with van der Waals surface area (Å²) in [5.41, 5.74) is 1.92. The normalized spacial score (nSPS) is 22.7. The molecule has 2 aliphatic rings. The van der Waals surface area contributed by atoms with Crippen molar-refractivity contribution in [1.29, 1.82) is 0 Å². The summed E-state index contributed by atoms with van der Waals surface area (Å²) < 4.78 is 38.8. The number of sulfonamides is 1. The lowest BCUT2D eigenvalue weighted by molar-refractivity contribution is -0.168. The van der Waals surface area contributed by atoms with Gasteiger partial charge in [0.05, 0.1) is 18.4 Å². The Morgan fingerprint density at radius 1 is 1.03 bits per heavy atom. The Kier molecular flexibility index (Phi) is 7.10. The summed E-state index contributed by atoms with van der Waals surface area (Å²) in [6, 6.07) is 15.4. The molecule has 2 saturated heterocycles. The van der Waals surface area contributed by atoms with Crippen molar-refractivity contribution < 1.29 is 27.8 Å². The van der Waals surface area contributed by atoms with Gasteiger partial charge in [0.1, 0.15) is 12.7 Å². The largest absolute Gasteiger partial charge is 0.394 e. The molecule has 4 rings (SSSR count). The standard InChI is InChI=1S/C23H28N2O6S/c26-14-21-23(31-15-22(27)25(21)20-10-12-30-13-11-20)18-6-8-19(9-7-18)24-32(28,29)16-17-4-2-1-3-5-17/h1-9,20-21,23-24,26H,10-16H2. The van der Waals surface area contributed by atoms with E-state index in [1.165, 1.54) is 0 Å². The number of nitrogens with zero attached hydrogens (tertiary/aromatic N) is 1. The molecule has 2 aromatic carbocycles. The molecule has 32 heavy (non-hydrogen) atoms. The van der Waals surface area contributed by atoms with Crippen molar-refractivity contribution in [2.45, 2.75) is 36.8 Å². The van der Waals surface area contributed by atoms with Gasteiger partial charge in [-0.15, -0.1) is 0 Å². The Morgan fingerprint density at radius 3 is 2.38 bits per heavy atom. The third-order valence-corrected chi connectivity index (χ3v) is 7.12. The number of amides is 1. The summed E-state index contributed by atoms with van der Waals surface area (Å²) in [6.45, 7) is 0.912. The molecule has 2 N–H and O–H groups in total. The summed E-state index contributed by atoms with van der Waals surface area (Å²) in [5, 5.41) is 10.1. The molecule has 0 saturated carbocycles. The summed E-state index contributed by atoms with van der Waals surface area (Å²) >= 11 is 0. The number of anilines is 1. The zero-order chi connectivity index (χ0) is 22.6. The van der Waals surface area contributed by atoms with Crippen LogP contribution in [0.2, 0.25) is 0 Å². The van der Waals surface area contributed by atoms with Gasteiger partial charge in [-0.25, -0.2) is 8.42 Å². The highest BCUT2D eigenvalue weighted by atomic mass is 32.2. The average Bonchev–Trinajstić information content (AvgIpc) is 2.80. The first-order chi connectivity index (χ1) is 15.5. The molecule has 0 aromatic heterocycles. The molecule has 172 valence electrons. The second-order valence-corrected chi connectivity index (χ2v) is 9.82. The maximum atomic E-state index is 12.6. The van der Waals surface area contributed by atoms with Crippen LogP contribution in [-0.2, 0) is 30.0 Å². The van der Waals surface area contributed by atoms with Gasteiger partial charge in [0.15, 0.2) is 0 Å². The average molecular weight is 461 g/mol. The smallest absolute Gasteiger partial charge is 0.249 e. The van der Waals surface area contributed by atoms with Gasteiger partial charge in [-0.3, -0.25) is 9.52 Å². The van der Waals surface area contributed by atoms with Crippen LogP contribution in [0.15, 0.2) is 54.6 Å². The van der Waals surface area contributed by atoms with Gasteiger partial charge in [0, 0.05) is 24.9 Å². The van der Waals surface area contributed by atoms with E-state index in [-0.39, 0.29) is 30.9 Å². The van der Waals surface area contributed by atoms with Crippen LogP contribution in [0, 0.1) is 0 Å². The van der Waals surface area contributed by atoms with E-state index in [9.17, 15) is 18.3 Å². The van der Waals surface area contributed by atoms with Gasteiger partial charge in [0.2, 0.25) is 15.9 Å². The Hall–Kier alpha value is -2.46. The fourth-order valence-corrected chi connectivity index (χ4v) is 5.57. The zero-order valence-corrected chi connectivity index (χ0v) is 18.5.